The van der Waals surface area contributed by atoms with Crippen molar-refractivity contribution in [3.8, 4) is 0 Å². The third-order valence-electron chi connectivity index (χ3n) is 4.07. The number of hydrogen-bond donors (Lipinski definition) is 1. The number of Topliss-reactive ketones (excluding diaryl/α,β-unsaturated/α-hetero) is 2. The number of nitrogens with zero attached hydrogens (tertiary/aromatic N) is 1. The third kappa shape index (κ3) is 2.51. The van der Waals surface area contributed by atoms with Crippen LogP contribution in [0.25, 0.3) is 5.57 Å². The summed E-state index contributed by atoms with van der Waals surface area (Å²) in [6.45, 7) is -0.591. The van der Waals surface area contributed by atoms with E-state index in [2.05, 4.69) is 0 Å². The van der Waals surface area contributed by atoms with Crippen LogP contribution in [0, 0.1) is 5.92 Å². The van der Waals surface area contributed by atoms with Crippen molar-refractivity contribution >= 4 is 27.2 Å². The quantitative estimate of drug-likeness (QED) is 0.806. The zero-order valence-corrected chi connectivity index (χ0v) is 13.2. The minimum absolute atomic E-state index is 0.0624. The van der Waals surface area contributed by atoms with E-state index < -0.39 is 40.2 Å². The molecule has 1 aromatic rings. The molecule has 23 heavy (non-hydrogen) atoms. The topological polar surface area (TPSA) is 91.8 Å². The minimum Gasteiger partial charge on any atom is -0.392 e. The summed E-state index contributed by atoms with van der Waals surface area (Å²) in [7, 11) is -3.62. The fourth-order valence-corrected chi connectivity index (χ4v) is 3.94. The first-order chi connectivity index (χ1) is 10.8. The summed E-state index contributed by atoms with van der Waals surface area (Å²) in [5.41, 5.74) is 1.12. The second kappa shape index (κ2) is 5.43. The molecular formula is C16H15NO5S. The van der Waals surface area contributed by atoms with Crippen molar-refractivity contribution in [1.82, 2.24) is 4.31 Å². The van der Waals surface area contributed by atoms with Gasteiger partial charge < -0.3 is 5.11 Å². The maximum absolute atomic E-state index is 12.5. The molecule has 0 fully saturated rings. The van der Waals surface area contributed by atoms with Crippen molar-refractivity contribution in [3.05, 3.63) is 53.7 Å². The highest BCUT2D eigenvalue weighted by Crippen LogP contribution is 2.41. The van der Waals surface area contributed by atoms with Crippen LogP contribution in [0.15, 0.2) is 48.2 Å². The maximum atomic E-state index is 12.5. The molecule has 0 saturated carbocycles. The summed E-state index contributed by atoms with van der Waals surface area (Å²) in [5, 5.41) is 9.24. The zero-order valence-electron chi connectivity index (χ0n) is 12.3. The Morgan fingerprint density at radius 1 is 1.17 bits per heavy atom. The average molecular weight is 333 g/mol. The summed E-state index contributed by atoms with van der Waals surface area (Å²) < 4.78 is 25.2. The number of fused-ring (bicyclic) bond motifs is 1. The van der Waals surface area contributed by atoms with E-state index in [4.69, 9.17) is 0 Å². The molecule has 0 amide bonds. The number of sulfonamides is 1. The van der Waals surface area contributed by atoms with Crippen LogP contribution < -0.4 is 0 Å². The molecule has 2 aliphatic rings. The molecule has 0 spiro atoms. The van der Waals surface area contributed by atoms with Gasteiger partial charge in [0.05, 0.1) is 24.8 Å². The lowest BCUT2D eigenvalue weighted by Gasteiger charge is -2.29. The number of carbonyl (C=O) groups excluding carboxylic acids is 2. The van der Waals surface area contributed by atoms with Crippen LogP contribution in [0.4, 0.5) is 0 Å². The Kier molecular flexibility index (Phi) is 3.69. The smallest absolute Gasteiger partial charge is 0.232 e. The second-order valence-electron chi connectivity index (χ2n) is 5.56. The Hall–Kier alpha value is -2.25. The fraction of sp³-hybridized carbons (Fsp3) is 0.250. The van der Waals surface area contributed by atoms with Gasteiger partial charge in [-0.3, -0.25) is 13.9 Å². The molecule has 1 aliphatic heterocycles. The van der Waals surface area contributed by atoms with Crippen molar-refractivity contribution < 1.29 is 23.1 Å². The van der Waals surface area contributed by atoms with Gasteiger partial charge >= 0.3 is 0 Å². The molecule has 0 aromatic heterocycles. The molecule has 0 saturated heterocycles. The summed E-state index contributed by atoms with van der Waals surface area (Å²) in [4.78, 5) is 24.5. The standard InChI is InChI=1S/C16H15NO5S/c1-23(21,22)17-8-12(10-5-3-2-4-6-10)14-13(17)7-11(9-18)15(19)16(14)20/h2-8,13-14,18H,9H2,1H3. The molecule has 0 radical (unpaired) electrons. The van der Waals surface area contributed by atoms with Crippen molar-refractivity contribution in [3.63, 3.8) is 0 Å². The van der Waals surface area contributed by atoms with Crippen LogP contribution in [-0.4, -0.2) is 48.3 Å². The second-order valence-corrected chi connectivity index (χ2v) is 7.44. The first-order valence-corrected chi connectivity index (χ1v) is 8.85. The predicted molar refractivity (Wildman–Crippen MR) is 83.6 cm³/mol. The summed E-state index contributed by atoms with van der Waals surface area (Å²) in [6.07, 6.45) is 3.83. The Bertz CT molecular complexity index is 838. The highest BCUT2D eigenvalue weighted by atomic mass is 32.2. The number of aliphatic hydroxyl groups is 1. The number of rotatable bonds is 3. The molecule has 2 atom stereocenters. The van der Waals surface area contributed by atoms with Crippen LogP contribution in [-0.2, 0) is 19.6 Å². The van der Waals surface area contributed by atoms with Gasteiger partial charge in [-0.15, -0.1) is 0 Å². The van der Waals surface area contributed by atoms with E-state index in [1.807, 2.05) is 6.07 Å². The molecule has 120 valence electrons. The van der Waals surface area contributed by atoms with Gasteiger partial charge in [0, 0.05) is 11.8 Å². The van der Waals surface area contributed by atoms with Gasteiger partial charge in [0.15, 0.2) is 0 Å². The Balaban J connectivity index is 2.18. The molecular weight excluding hydrogens is 318 g/mol. The molecule has 1 heterocycles. The SMILES string of the molecule is CS(=O)(=O)N1C=C(c2ccccc2)C2C(=O)C(=O)C(CO)=CC21. The van der Waals surface area contributed by atoms with Crippen LogP contribution in [0.5, 0.6) is 0 Å². The zero-order chi connectivity index (χ0) is 16.8. The lowest BCUT2D eigenvalue weighted by atomic mass is 9.79. The molecule has 3 rings (SSSR count). The van der Waals surface area contributed by atoms with Crippen molar-refractivity contribution in [2.75, 3.05) is 12.9 Å². The van der Waals surface area contributed by atoms with Crippen LogP contribution in [0.3, 0.4) is 0 Å². The normalized spacial score (nSPS) is 24.3. The molecule has 2 unspecified atom stereocenters. The van der Waals surface area contributed by atoms with Gasteiger partial charge in [0.2, 0.25) is 21.6 Å². The Morgan fingerprint density at radius 3 is 2.39 bits per heavy atom. The van der Waals surface area contributed by atoms with E-state index >= 15 is 0 Å². The van der Waals surface area contributed by atoms with E-state index in [1.54, 1.807) is 24.3 Å². The molecule has 0 bridgehead atoms. The highest BCUT2D eigenvalue weighted by Gasteiger charge is 2.48. The summed E-state index contributed by atoms with van der Waals surface area (Å²) >= 11 is 0. The third-order valence-corrected chi connectivity index (χ3v) is 5.18. The Morgan fingerprint density at radius 2 is 1.83 bits per heavy atom. The molecule has 7 heteroatoms. The van der Waals surface area contributed by atoms with Gasteiger partial charge in [-0.05, 0) is 11.1 Å². The van der Waals surface area contributed by atoms with E-state index in [9.17, 15) is 23.1 Å². The van der Waals surface area contributed by atoms with Crippen LogP contribution >= 0.6 is 0 Å². The van der Waals surface area contributed by atoms with Gasteiger partial charge in [-0.2, -0.15) is 0 Å². The number of aliphatic hydroxyl groups excluding tert-OH is 1. The number of ketones is 2. The van der Waals surface area contributed by atoms with E-state index in [0.717, 1.165) is 10.6 Å². The number of benzene rings is 1. The van der Waals surface area contributed by atoms with Crippen LogP contribution in [0.2, 0.25) is 0 Å². The van der Waals surface area contributed by atoms with Gasteiger partial charge in [0.1, 0.15) is 0 Å². The van der Waals surface area contributed by atoms with E-state index in [1.165, 1.54) is 12.3 Å². The number of carbonyl (C=O) groups is 2. The maximum Gasteiger partial charge on any atom is 0.232 e. The first-order valence-electron chi connectivity index (χ1n) is 7.00. The summed E-state index contributed by atoms with van der Waals surface area (Å²) in [5.74, 6) is -2.33. The Labute approximate surface area is 133 Å². The lowest BCUT2D eigenvalue weighted by Crippen LogP contribution is -2.44. The molecule has 1 aliphatic carbocycles. The van der Waals surface area contributed by atoms with Crippen molar-refractivity contribution in [2.24, 2.45) is 5.92 Å². The monoisotopic (exact) mass is 333 g/mol. The molecule has 1 aromatic carbocycles. The largest absolute Gasteiger partial charge is 0.392 e. The highest BCUT2D eigenvalue weighted by molar-refractivity contribution is 7.88. The predicted octanol–water partition coefficient (Wildman–Crippen LogP) is 0.358. The lowest BCUT2D eigenvalue weighted by molar-refractivity contribution is -0.137. The van der Waals surface area contributed by atoms with Crippen molar-refractivity contribution in [1.29, 1.82) is 0 Å². The molecule has 1 N–H and O–H groups in total. The van der Waals surface area contributed by atoms with E-state index in [0.29, 0.717) is 11.1 Å². The number of hydrogen-bond acceptors (Lipinski definition) is 5. The fourth-order valence-electron chi connectivity index (χ4n) is 3.01. The van der Waals surface area contributed by atoms with E-state index in [-0.39, 0.29) is 5.57 Å². The van der Waals surface area contributed by atoms with Crippen LogP contribution in [0.1, 0.15) is 5.56 Å². The average Bonchev–Trinajstić information content (AvgIpc) is 2.91. The van der Waals surface area contributed by atoms with Gasteiger partial charge in [-0.25, -0.2) is 8.42 Å². The van der Waals surface area contributed by atoms with Gasteiger partial charge in [0.25, 0.3) is 0 Å². The van der Waals surface area contributed by atoms with Gasteiger partial charge in [-0.1, -0.05) is 36.4 Å². The first kappa shape index (κ1) is 15.6. The molecule has 6 nitrogen and oxygen atoms in total. The minimum atomic E-state index is -3.62. The van der Waals surface area contributed by atoms with Crippen molar-refractivity contribution in [2.45, 2.75) is 6.04 Å². The summed E-state index contributed by atoms with van der Waals surface area (Å²) in [6, 6.07) is 8.07.